The number of carboxylic acids is 1. The van der Waals surface area contributed by atoms with Crippen molar-refractivity contribution in [3.8, 4) is 5.75 Å². The molecule has 0 aliphatic rings. The fraction of sp³-hybridized carbons (Fsp3) is 0.588. The Labute approximate surface area is 127 Å². The van der Waals surface area contributed by atoms with Crippen LogP contribution in [-0.4, -0.2) is 35.7 Å². The highest BCUT2D eigenvalue weighted by Crippen LogP contribution is 2.23. The van der Waals surface area contributed by atoms with Gasteiger partial charge in [-0.05, 0) is 37.0 Å². The van der Waals surface area contributed by atoms with Gasteiger partial charge >= 0.3 is 5.97 Å². The number of carboxylic acid groups (broad SMARTS) is 1. The average Bonchev–Trinajstić information content (AvgIpc) is 2.43. The van der Waals surface area contributed by atoms with Gasteiger partial charge in [-0.3, -0.25) is 9.69 Å². The van der Waals surface area contributed by atoms with E-state index in [1.54, 1.807) is 0 Å². The van der Waals surface area contributed by atoms with Gasteiger partial charge in [-0.15, -0.1) is 0 Å². The van der Waals surface area contributed by atoms with Gasteiger partial charge in [0.25, 0.3) is 0 Å². The lowest BCUT2D eigenvalue weighted by molar-refractivity contribution is -0.139. The summed E-state index contributed by atoms with van der Waals surface area (Å²) in [6, 6.07) is 8.02. The minimum Gasteiger partial charge on any atom is -0.494 e. The van der Waals surface area contributed by atoms with Crippen molar-refractivity contribution in [3.05, 3.63) is 29.8 Å². The van der Waals surface area contributed by atoms with Crippen molar-refractivity contribution in [1.29, 1.82) is 0 Å². The molecule has 0 radical (unpaired) electrons. The molecule has 1 atom stereocenters. The summed E-state index contributed by atoms with van der Waals surface area (Å²) in [5.41, 5.74) is 1.11. The minimum atomic E-state index is -0.787. The van der Waals surface area contributed by atoms with Crippen LogP contribution in [0.15, 0.2) is 24.3 Å². The van der Waals surface area contributed by atoms with Gasteiger partial charge in [-0.2, -0.15) is 0 Å². The second kappa shape index (κ2) is 8.67. The molecule has 1 aromatic carbocycles. The third-order valence-corrected chi connectivity index (χ3v) is 3.32. The summed E-state index contributed by atoms with van der Waals surface area (Å²) in [6.45, 7) is 9.87. The first-order chi connectivity index (χ1) is 9.93. The Morgan fingerprint density at radius 1 is 1.24 bits per heavy atom. The standard InChI is InChI=1S/C17H27NO3/c1-5-10-21-16-8-6-15(7-9-16)14(4)18(11-13(2)3)12-17(19)20/h6-9,13-14H,5,10-12H2,1-4H3,(H,19,20). The Morgan fingerprint density at radius 3 is 2.33 bits per heavy atom. The number of ether oxygens (including phenoxy) is 1. The summed E-state index contributed by atoms with van der Waals surface area (Å²) in [7, 11) is 0. The molecule has 21 heavy (non-hydrogen) atoms. The number of carbonyl (C=O) groups is 1. The van der Waals surface area contributed by atoms with Crippen LogP contribution in [0.3, 0.4) is 0 Å². The van der Waals surface area contributed by atoms with Gasteiger partial charge in [0.15, 0.2) is 0 Å². The fourth-order valence-electron chi connectivity index (χ4n) is 2.28. The lowest BCUT2D eigenvalue weighted by atomic mass is 10.0. The zero-order valence-electron chi connectivity index (χ0n) is 13.5. The van der Waals surface area contributed by atoms with E-state index in [1.165, 1.54) is 0 Å². The van der Waals surface area contributed by atoms with Crippen molar-refractivity contribution in [2.45, 2.75) is 40.2 Å². The highest BCUT2D eigenvalue weighted by Gasteiger charge is 2.19. The van der Waals surface area contributed by atoms with Crippen molar-refractivity contribution in [3.63, 3.8) is 0 Å². The third-order valence-electron chi connectivity index (χ3n) is 3.32. The van der Waals surface area contributed by atoms with Gasteiger partial charge in [-0.25, -0.2) is 0 Å². The normalized spacial score (nSPS) is 12.7. The number of nitrogens with zero attached hydrogens (tertiary/aromatic N) is 1. The summed E-state index contributed by atoms with van der Waals surface area (Å²) >= 11 is 0. The van der Waals surface area contributed by atoms with E-state index in [0.29, 0.717) is 12.5 Å². The number of aliphatic carboxylic acids is 1. The molecule has 0 amide bonds. The summed E-state index contributed by atoms with van der Waals surface area (Å²) in [4.78, 5) is 13.0. The van der Waals surface area contributed by atoms with Crippen molar-refractivity contribution in [1.82, 2.24) is 4.90 Å². The van der Waals surface area contributed by atoms with E-state index in [4.69, 9.17) is 9.84 Å². The molecule has 0 saturated carbocycles. The van der Waals surface area contributed by atoms with Crippen LogP contribution in [0.5, 0.6) is 5.75 Å². The molecule has 4 heteroatoms. The van der Waals surface area contributed by atoms with Gasteiger partial charge in [-0.1, -0.05) is 32.9 Å². The van der Waals surface area contributed by atoms with E-state index < -0.39 is 5.97 Å². The molecule has 0 aliphatic heterocycles. The molecule has 0 spiro atoms. The molecule has 1 aromatic rings. The molecule has 0 saturated heterocycles. The monoisotopic (exact) mass is 293 g/mol. The van der Waals surface area contributed by atoms with E-state index in [-0.39, 0.29) is 12.6 Å². The van der Waals surface area contributed by atoms with Crippen molar-refractivity contribution >= 4 is 5.97 Å². The number of rotatable bonds is 9. The Morgan fingerprint density at radius 2 is 1.86 bits per heavy atom. The van der Waals surface area contributed by atoms with Crippen LogP contribution >= 0.6 is 0 Å². The highest BCUT2D eigenvalue weighted by atomic mass is 16.5. The average molecular weight is 293 g/mol. The molecule has 4 nitrogen and oxygen atoms in total. The Hall–Kier alpha value is -1.55. The summed E-state index contributed by atoms with van der Waals surface area (Å²) in [6.07, 6.45) is 0.985. The predicted octanol–water partition coefficient (Wildman–Crippen LogP) is 3.58. The van der Waals surface area contributed by atoms with E-state index in [0.717, 1.165) is 24.3 Å². The first kappa shape index (κ1) is 17.5. The maximum absolute atomic E-state index is 11.0. The second-order valence-electron chi connectivity index (χ2n) is 5.81. The van der Waals surface area contributed by atoms with E-state index >= 15 is 0 Å². The van der Waals surface area contributed by atoms with Gasteiger partial charge in [0, 0.05) is 12.6 Å². The molecule has 1 N–H and O–H groups in total. The lowest BCUT2D eigenvalue weighted by Crippen LogP contribution is -2.35. The van der Waals surface area contributed by atoms with Crippen LogP contribution < -0.4 is 4.74 Å². The maximum Gasteiger partial charge on any atom is 0.317 e. The molecule has 1 unspecified atom stereocenters. The van der Waals surface area contributed by atoms with Crippen molar-refractivity contribution in [2.75, 3.05) is 19.7 Å². The second-order valence-corrected chi connectivity index (χ2v) is 5.81. The van der Waals surface area contributed by atoms with Crippen LogP contribution in [0.25, 0.3) is 0 Å². The summed E-state index contributed by atoms with van der Waals surface area (Å²) in [5.74, 6) is 0.505. The topological polar surface area (TPSA) is 49.8 Å². The largest absolute Gasteiger partial charge is 0.494 e. The molecule has 0 bridgehead atoms. The van der Waals surface area contributed by atoms with Crippen molar-refractivity contribution < 1.29 is 14.6 Å². The fourth-order valence-corrected chi connectivity index (χ4v) is 2.28. The first-order valence-corrected chi connectivity index (χ1v) is 7.62. The van der Waals surface area contributed by atoms with Gasteiger partial charge in [0.05, 0.1) is 13.2 Å². The van der Waals surface area contributed by atoms with Crippen LogP contribution in [-0.2, 0) is 4.79 Å². The minimum absolute atomic E-state index is 0.0629. The Balaban J connectivity index is 2.77. The number of hydrogen-bond donors (Lipinski definition) is 1. The number of benzene rings is 1. The Bertz CT molecular complexity index is 428. The maximum atomic E-state index is 11.0. The number of hydrogen-bond acceptors (Lipinski definition) is 3. The SMILES string of the molecule is CCCOc1ccc(C(C)N(CC(=O)O)CC(C)C)cc1. The zero-order chi connectivity index (χ0) is 15.8. The summed E-state index contributed by atoms with van der Waals surface area (Å²) < 4.78 is 5.57. The van der Waals surface area contributed by atoms with Crippen LogP contribution in [0.4, 0.5) is 0 Å². The predicted molar refractivity (Wildman–Crippen MR) is 84.7 cm³/mol. The van der Waals surface area contributed by atoms with Crippen molar-refractivity contribution in [2.24, 2.45) is 5.92 Å². The van der Waals surface area contributed by atoms with Gasteiger partial charge < -0.3 is 9.84 Å². The molecule has 118 valence electrons. The lowest BCUT2D eigenvalue weighted by Gasteiger charge is -2.29. The zero-order valence-corrected chi connectivity index (χ0v) is 13.5. The molecule has 1 rings (SSSR count). The van der Waals surface area contributed by atoms with Gasteiger partial charge in [0.2, 0.25) is 0 Å². The van der Waals surface area contributed by atoms with Crippen LogP contribution in [0.1, 0.15) is 45.7 Å². The van der Waals surface area contributed by atoms with Crippen LogP contribution in [0, 0.1) is 5.92 Å². The molecule has 0 aliphatic carbocycles. The smallest absolute Gasteiger partial charge is 0.317 e. The van der Waals surface area contributed by atoms with Crippen LogP contribution in [0.2, 0.25) is 0 Å². The molecule has 0 heterocycles. The van der Waals surface area contributed by atoms with E-state index in [1.807, 2.05) is 36.1 Å². The van der Waals surface area contributed by atoms with E-state index in [9.17, 15) is 4.79 Å². The molecular formula is C17H27NO3. The molecule has 0 fully saturated rings. The highest BCUT2D eigenvalue weighted by molar-refractivity contribution is 5.69. The molecule has 0 aromatic heterocycles. The molecular weight excluding hydrogens is 266 g/mol. The Kier molecular flexibility index (Phi) is 7.23. The third kappa shape index (κ3) is 6.17. The van der Waals surface area contributed by atoms with E-state index in [2.05, 4.69) is 20.8 Å². The van der Waals surface area contributed by atoms with Gasteiger partial charge in [0.1, 0.15) is 5.75 Å². The first-order valence-electron chi connectivity index (χ1n) is 7.62. The summed E-state index contributed by atoms with van der Waals surface area (Å²) in [5, 5.41) is 9.07. The quantitative estimate of drug-likeness (QED) is 0.756.